The van der Waals surface area contributed by atoms with Crippen LogP contribution in [0.3, 0.4) is 0 Å². The molecule has 3 rings (SSSR count). The molecule has 0 saturated heterocycles. The summed E-state index contributed by atoms with van der Waals surface area (Å²) in [6.07, 6.45) is 2.55. The predicted molar refractivity (Wildman–Crippen MR) is 103 cm³/mol. The van der Waals surface area contributed by atoms with E-state index in [9.17, 15) is 12.8 Å². The van der Waals surface area contributed by atoms with Crippen molar-refractivity contribution in [3.05, 3.63) is 69.5 Å². The summed E-state index contributed by atoms with van der Waals surface area (Å²) >= 11 is 11.8. The highest BCUT2D eigenvalue weighted by atomic mass is 35.5. The van der Waals surface area contributed by atoms with E-state index in [0.717, 1.165) is 6.26 Å². The maximum Gasteiger partial charge on any atom is 0.194 e. The largest absolute Gasteiger partial charge is 0.356 e. The van der Waals surface area contributed by atoms with Crippen LogP contribution < -0.4 is 5.32 Å². The van der Waals surface area contributed by atoms with Gasteiger partial charge in [0.05, 0.1) is 15.7 Å². The lowest BCUT2D eigenvalue weighted by molar-refractivity contribution is 0.597. The highest BCUT2D eigenvalue weighted by Gasteiger charge is 2.24. The molecule has 0 unspecified atom stereocenters. The van der Waals surface area contributed by atoms with Crippen molar-refractivity contribution in [2.75, 3.05) is 11.6 Å². The lowest BCUT2D eigenvalue weighted by Gasteiger charge is -2.18. The molecule has 10 heteroatoms. The highest BCUT2D eigenvalue weighted by Crippen LogP contribution is 2.29. The summed E-state index contributed by atoms with van der Waals surface area (Å²) in [6.45, 7) is 1.61. The van der Waals surface area contributed by atoms with E-state index in [1.165, 1.54) is 24.4 Å². The van der Waals surface area contributed by atoms with Crippen LogP contribution in [-0.4, -0.2) is 29.6 Å². The minimum absolute atomic E-state index is 0.0541. The van der Waals surface area contributed by atoms with Crippen LogP contribution in [0.1, 0.15) is 23.1 Å². The summed E-state index contributed by atoms with van der Waals surface area (Å²) in [5.74, 6) is 0.239. The normalized spacial score (nSPS) is 12.8. The summed E-state index contributed by atoms with van der Waals surface area (Å²) in [5, 5.41) is 3.49. The Labute approximate surface area is 165 Å². The van der Waals surface area contributed by atoms with Crippen LogP contribution in [0.25, 0.3) is 0 Å². The van der Waals surface area contributed by atoms with Gasteiger partial charge in [-0.15, -0.1) is 0 Å². The van der Waals surface area contributed by atoms with Crippen molar-refractivity contribution in [3.8, 4) is 0 Å². The Hall–Kier alpha value is -2.16. The van der Waals surface area contributed by atoms with Crippen molar-refractivity contribution in [3.63, 3.8) is 0 Å². The van der Waals surface area contributed by atoms with Gasteiger partial charge in [-0.1, -0.05) is 29.3 Å². The summed E-state index contributed by atoms with van der Waals surface area (Å²) in [4.78, 5) is 11.4. The van der Waals surface area contributed by atoms with Crippen molar-refractivity contribution in [1.82, 2.24) is 15.0 Å². The third kappa shape index (κ3) is 4.40. The van der Waals surface area contributed by atoms with E-state index in [-0.39, 0.29) is 10.0 Å². The second-order valence-corrected chi connectivity index (χ2v) is 8.71. The van der Waals surface area contributed by atoms with Crippen LogP contribution in [0.2, 0.25) is 10.0 Å². The third-order valence-corrected chi connectivity index (χ3v) is 5.39. The van der Waals surface area contributed by atoms with Crippen LogP contribution in [0, 0.1) is 12.7 Å². The van der Waals surface area contributed by atoms with Gasteiger partial charge in [-0.3, -0.25) is 0 Å². The molecule has 0 aliphatic rings. The number of halogens is 3. The van der Waals surface area contributed by atoms with Crippen LogP contribution in [-0.2, 0) is 9.84 Å². The second-order valence-electron chi connectivity index (χ2n) is 5.94. The second kappa shape index (κ2) is 7.46. The summed E-state index contributed by atoms with van der Waals surface area (Å²) in [5.41, 5.74) is 0.975. The standard InChI is InChI=1S/C17H15Cl2FN4O2S/c1-9-17(27(2,25)26)24-16(22-9)15(10-3-5-13(20)12(19)7-10)23-14-6-4-11(18)8-21-14/h3-8,15H,1-2H3,(H,21,23)(H,22,24)/t15-/m0/s1. The van der Waals surface area contributed by atoms with E-state index in [1.54, 1.807) is 19.1 Å². The van der Waals surface area contributed by atoms with Gasteiger partial charge in [-0.25, -0.2) is 22.8 Å². The molecule has 6 nitrogen and oxygen atoms in total. The van der Waals surface area contributed by atoms with Gasteiger partial charge < -0.3 is 10.3 Å². The molecule has 0 fully saturated rings. The molecule has 2 N–H and O–H groups in total. The smallest absolute Gasteiger partial charge is 0.194 e. The van der Waals surface area contributed by atoms with Crippen LogP contribution in [0.4, 0.5) is 10.2 Å². The summed E-state index contributed by atoms with van der Waals surface area (Å²) in [7, 11) is -3.51. The van der Waals surface area contributed by atoms with E-state index in [0.29, 0.717) is 27.9 Å². The van der Waals surface area contributed by atoms with E-state index in [2.05, 4.69) is 20.3 Å². The van der Waals surface area contributed by atoms with Crippen molar-refractivity contribution in [1.29, 1.82) is 0 Å². The number of hydrogen-bond acceptors (Lipinski definition) is 5. The van der Waals surface area contributed by atoms with E-state index < -0.39 is 21.7 Å². The van der Waals surface area contributed by atoms with Gasteiger partial charge in [0.15, 0.2) is 14.9 Å². The minimum atomic E-state index is -3.51. The third-order valence-electron chi connectivity index (χ3n) is 3.78. The van der Waals surface area contributed by atoms with Crippen LogP contribution >= 0.6 is 23.2 Å². The van der Waals surface area contributed by atoms with Crippen molar-refractivity contribution >= 4 is 38.9 Å². The Bertz CT molecular complexity index is 1080. The lowest BCUT2D eigenvalue weighted by atomic mass is 10.1. The Morgan fingerprint density at radius 3 is 2.52 bits per heavy atom. The van der Waals surface area contributed by atoms with E-state index >= 15 is 0 Å². The van der Waals surface area contributed by atoms with Gasteiger partial charge in [-0.05, 0) is 36.8 Å². The number of sulfone groups is 1. The number of hydrogen-bond donors (Lipinski definition) is 2. The molecule has 0 aliphatic heterocycles. The monoisotopic (exact) mass is 428 g/mol. The lowest BCUT2D eigenvalue weighted by Crippen LogP contribution is -2.15. The average molecular weight is 429 g/mol. The number of pyridine rings is 1. The van der Waals surface area contributed by atoms with Gasteiger partial charge in [0.25, 0.3) is 0 Å². The molecule has 2 heterocycles. The first-order valence-electron chi connectivity index (χ1n) is 7.75. The van der Waals surface area contributed by atoms with Crippen LogP contribution in [0.15, 0.2) is 41.6 Å². The number of aryl methyl sites for hydroxylation is 1. The van der Waals surface area contributed by atoms with Gasteiger partial charge in [-0.2, -0.15) is 0 Å². The molecule has 2 aromatic heterocycles. The fraction of sp³-hybridized carbons (Fsp3) is 0.176. The molecule has 1 atom stereocenters. The van der Waals surface area contributed by atoms with E-state index in [4.69, 9.17) is 23.2 Å². The molecule has 142 valence electrons. The first-order chi connectivity index (χ1) is 12.6. The number of aromatic nitrogens is 3. The van der Waals surface area contributed by atoms with Crippen LogP contribution in [0.5, 0.6) is 0 Å². The topological polar surface area (TPSA) is 87.7 Å². The molecular weight excluding hydrogens is 414 g/mol. The number of benzene rings is 1. The number of aromatic amines is 1. The summed E-state index contributed by atoms with van der Waals surface area (Å²) in [6, 6.07) is 6.88. The molecular formula is C17H15Cl2FN4O2S. The maximum absolute atomic E-state index is 13.6. The fourth-order valence-corrected chi connectivity index (χ4v) is 3.75. The Morgan fingerprint density at radius 2 is 1.96 bits per heavy atom. The first kappa shape index (κ1) is 19.6. The van der Waals surface area contributed by atoms with E-state index in [1.807, 2.05) is 0 Å². The number of nitrogens with one attached hydrogen (secondary N) is 2. The molecule has 1 aromatic carbocycles. The Kier molecular flexibility index (Phi) is 5.41. The quantitative estimate of drug-likeness (QED) is 0.636. The fourth-order valence-electron chi connectivity index (χ4n) is 2.58. The number of anilines is 1. The van der Waals surface area contributed by atoms with Crippen molar-refractivity contribution in [2.24, 2.45) is 0 Å². The van der Waals surface area contributed by atoms with Crippen molar-refractivity contribution in [2.45, 2.75) is 18.0 Å². The minimum Gasteiger partial charge on any atom is -0.356 e. The molecule has 0 aliphatic carbocycles. The zero-order valence-corrected chi connectivity index (χ0v) is 16.6. The predicted octanol–water partition coefficient (Wildman–Crippen LogP) is 4.16. The Morgan fingerprint density at radius 1 is 1.22 bits per heavy atom. The number of rotatable bonds is 5. The molecule has 27 heavy (non-hydrogen) atoms. The highest BCUT2D eigenvalue weighted by molar-refractivity contribution is 7.90. The molecule has 0 radical (unpaired) electrons. The molecule has 0 spiro atoms. The number of nitrogens with zero attached hydrogens (tertiary/aromatic N) is 2. The number of H-pyrrole nitrogens is 1. The summed E-state index contributed by atoms with van der Waals surface area (Å²) < 4.78 is 37.4. The number of imidazole rings is 1. The maximum atomic E-state index is 13.6. The zero-order chi connectivity index (χ0) is 19.8. The molecule has 0 bridgehead atoms. The van der Waals surface area contributed by atoms with Gasteiger partial charge >= 0.3 is 0 Å². The SMILES string of the molecule is Cc1[nH]c([C@@H](Nc2ccc(Cl)cn2)c2ccc(F)c(Cl)c2)nc1S(C)(=O)=O. The zero-order valence-electron chi connectivity index (χ0n) is 14.3. The molecule has 0 amide bonds. The van der Waals surface area contributed by atoms with Gasteiger partial charge in [0.2, 0.25) is 0 Å². The Balaban J connectivity index is 2.09. The average Bonchev–Trinajstić information content (AvgIpc) is 2.99. The van der Waals surface area contributed by atoms with Gasteiger partial charge in [0.1, 0.15) is 23.5 Å². The first-order valence-corrected chi connectivity index (χ1v) is 10.4. The molecule has 3 aromatic rings. The van der Waals surface area contributed by atoms with Crippen molar-refractivity contribution < 1.29 is 12.8 Å². The van der Waals surface area contributed by atoms with Gasteiger partial charge in [0, 0.05) is 12.5 Å². The molecule has 0 saturated carbocycles.